The van der Waals surface area contributed by atoms with Crippen molar-refractivity contribution in [3.05, 3.63) is 100 Å². The number of benzene rings is 3. The van der Waals surface area contributed by atoms with E-state index in [9.17, 15) is 18.0 Å². The first-order valence-corrected chi connectivity index (χ1v) is 9.19. The molecule has 0 radical (unpaired) electrons. The van der Waals surface area contributed by atoms with Crippen molar-refractivity contribution < 1.29 is 22.7 Å². The lowest BCUT2D eigenvalue weighted by Crippen LogP contribution is -2.19. The zero-order chi connectivity index (χ0) is 21.6. The molecule has 0 aliphatic rings. The lowest BCUT2D eigenvalue weighted by atomic mass is 10.1. The summed E-state index contributed by atoms with van der Waals surface area (Å²) in [5.41, 5.74) is 2.17. The van der Waals surface area contributed by atoms with Gasteiger partial charge in [0.15, 0.2) is 0 Å². The van der Waals surface area contributed by atoms with E-state index in [0.29, 0.717) is 10.8 Å². The van der Waals surface area contributed by atoms with Crippen molar-refractivity contribution in [3.8, 4) is 5.75 Å². The van der Waals surface area contributed by atoms with Crippen LogP contribution < -0.4 is 10.2 Å². The molecule has 0 saturated heterocycles. The topological polar surface area (TPSA) is 50.7 Å². The van der Waals surface area contributed by atoms with E-state index in [1.165, 1.54) is 24.3 Å². The number of ether oxygens (including phenoxy) is 1. The molecule has 0 fully saturated rings. The Labute approximate surface area is 175 Å². The minimum absolute atomic E-state index is 0.145. The molecule has 0 atom stereocenters. The van der Waals surface area contributed by atoms with Crippen molar-refractivity contribution >= 4 is 23.7 Å². The summed E-state index contributed by atoms with van der Waals surface area (Å²) < 4.78 is 44.8. The van der Waals surface area contributed by atoms with Crippen molar-refractivity contribution in [3.63, 3.8) is 0 Å². The molecule has 0 aromatic heterocycles. The predicted octanol–water partition coefficient (Wildman–Crippen LogP) is 5.70. The highest BCUT2D eigenvalue weighted by Crippen LogP contribution is 2.31. The Morgan fingerprint density at radius 2 is 1.67 bits per heavy atom. The van der Waals surface area contributed by atoms with Crippen LogP contribution in [0.2, 0.25) is 5.02 Å². The van der Waals surface area contributed by atoms with E-state index in [4.69, 9.17) is 16.3 Å². The summed E-state index contributed by atoms with van der Waals surface area (Å²) in [6.45, 7) is 0.145. The highest BCUT2D eigenvalue weighted by atomic mass is 35.5. The van der Waals surface area contributed by atoms with E-state index in [2.05, 4.69) is 10.5 Å². The quantitative estimate of drug-likeness (QED) is 0.401. The second kappa shape index (κ2) is 9.45. The van der Waals surface area contributed by atoms with Gasteiger partial charge in [0.1, 0.15) is 12.4 Å². The van der Waals surface area contributed by atoms with Gasteiger partial charge in [0.25, 0.3) is 5.91 Å². The van der Waals surface area contributed by atoms with Crippen LogP contribution in [0.25, 0.3) is 0 Å². The number of halogens is 4. The maximum Gasteiger partial charge on any atom is 0.417 e. The van der Waals surface area contributed by atoms with Gasteiger partial charge in [0.05, 0.1) is 17.3 Å². The van der Waals surface area contributed by atoms with Gasteiger partial charge in [-0.15, -0.1) is 0 Å². The zero-order valence-corrected chi connectivity index (χ0v) is 16.2. The molecule has 0 bridgehead atoms. The highest BCUT2D eigenvalue weighted by molar-refractivity contribution is 6.31. The van der Waals surface area contributed by atoms with Gasteiger partial charge in [-0.05, 0) is 24.3 Å². The second-order valence-corrected chi connectivity index (χ2v) is 6.57. The zero-order valence-electron chi connectivity index (χ0n) is 15.5. The summed E-state index contributed by atoms with van der Waals surface area (Å²) in [5, 5.41) is 4.20. The minimum atomic E-state index is -4.52. The van der Waals surface area contributed by atoms with E-state index in [1.807, 2.05) is 6.07 Å². The van der Waals surface area contributed by atoms with Crippen LogP contribution in [-0.2, 0) is 12.8 Å². The van der Waals surface area contributed by atoms with Crippen LogP contribution in [0.3, 0.4) is 0 Å². The number of hydrogen-bond donors (Lipinski definition) is 1. The van der Waals surface area contributed by atoms with E-state index in [-0.39, 0.29) is 17.7 Å². The average molecular weight is 433 g/mol. The molecule has 0 unspecified atom stereocenters. The molecule has 0 aliphatic heterocycles. The number of amides is 1. The van der Waals surface area contributed by atoms with Gasteiger partial charge in [-0.3, -0.25) is 4.79 Å². The highest BCUT2D eigenvalue weighted by Gasteiger charge is 2.32. The molecule has 30 heavy (non-hydrogen) atoms. The van der Waals surface area contributed by atoms with Crippen molar-refractivity contribution in [1.82, 2.24) is 5.43 Å². The normalized spacial score (nSPS) is 11.5. The second-order valence-electron chi connectivity index (χ2n) is 6.16. The molecular formula is C22H16ClF3N2O2. The molecule has 0 aliphatic carbocycles. The Hall–Kier alpha value is -3.32. The molecule has 1 N–H and O–H groups in total. The molecule has 3 aromatic carbocycles. The van der Waals surface area contributed by atoms with E-state index < -0.39 is 17.6 Å². The van der Waals surface area contributed by atoms with E-state index in [0.717, 1.165) is 17.8 Å². The van der Waals surface area contributed by atoms with Crippen LogP contribution in [0.15, 0.2) is 77.9 Å². The summed E-state index contributed by atoms with van der Waals surface area (Å²) in [6, 6.07) is 18.5. The van der Waals surface area contributed by atoms with Crippen molar-refractivity contribution in [1.29, 1.82) is 0 Å². The first-order chi connectivity index (χ1) is 14.4. The van der Waals surface area contributed by atoms with Crippen LogP contribution in [0.1, 0.15) is 27.0 Å². The third-order valence-corrected chi connectivity index (χ3v) is 4.48. The summed E-state index contributed by atoms with van der Waals surface area (Å²) >= 11 is 6.11. The number of nitrogens with zero attached hydrogens (tertiary/aromatic N) is 1. The van der Waals surface area contributed by atoms with Crippen LogP contribution in [0.5, 0.6) is 5.75 Å². The molecule has 0 heterocycles. The standard InChI is InChI=1S/C22H16ClF3N2O2/c23-19-11-5-2-8-16(19)14-30-20-12-6-3-9-17(20)21(29)28-27-13-15-7-1-4-10-18(15)22(24,25)26/h1-13H,14H2,(H,28,29). The molecule has 3 aromatic rings. The Kier molecular flexibility index (Phi) is 6.74. The summed E-state index contributed by atoms with van der Waals surface area (Å²) in [7, 11) is 0. The average Bonchev–Trinajstić information content (AvgIpc) is 2.73. The van der Waals surface area contributed by atoms with Gasteiger partial charge < -0.3 is 4.74 Å². The molecule has 0 saturated carbocycles. The van der Waals surface area contributed by atoms with E-state index in [1.54, 1.807) is 36.4 Å². The first-order valence-electron chi connectivity index (χ1n) is 8.81. The number of rotatable bonds is 6. The number of carbonyl (C=O) groups is 1. The molecular weight excluding hydrogens is 417 g/mol. The third kappa shape index (κ3) is 5.39. The van der Waals surface area contributed by atoms with Gasteiger partial charge >= 0.3 is 6.18 Å². The number of alkyl halides is 3. The predicted molar refractivity (Wildman–Crippen MR) is 109 cm³/mol. The number of para-hydroxylation sites is 1. The molecule has 4 nitrogen and oxygen atoms in total. The molecule has 8 heteroatoms. The number of carbonyl (C=O) groups excluding carboxylic acids is 1. The lowest BCUT2D eigenvalue weighted by molar-refractivity contribution is -0.137. The van der Waals surface area contributed by atoms with E-state index >= 15 is 0 Å². The monoisotopic (exact) mass is 432 g/mol. The molecule has 1 amide bonds. The molecule has 3 rings (SSSR count). The maximum atomic E-state index is 13.0. The summed E-state index contributed by atoms with van der Waals surface area (Å²) in [6.07, 6.45) is -3.57. The lowest BCUT2D eigenvalue weighted by Gasteiger charge is -2.11. The Morgan fingerprint density at radius 1 is 1.00 bits per heavy atom. The van der Waals surface area contributed by atoms with Crippen LogP contribution in [-0.4, -0.2) is 12.1 Å². The van der Waals surface area contributed by atoms with Gasteiger partial charge in [0, 0.05) is 16.1 Å². The van der Waals surface area contributed by atoms with Gasteiger partial charge in [0.2, 0.25) is 0 Å². The molecule has 0 spiro atoms. The minimum Gasteiger partial charge on any atom is -0.488 e. The van der Waals surface area contributed by atoms with Gasteiger partial charge in [-0.1, -0.05) is 60.1 Å². The van der Waals surface area contributed by atoms with Crippen molar-refractivity contribution in [2.45, 2.75) is 12.8 Å². The van der Waals surface area contributed by atoms with Crippen LogP contribution >= 0.6 is 11.6 Å². The Balaban J connectivity index is 1.71. The Morgan fingerprint density at radius 3 is 2.43 bits per heavy atom. The SMILES string of the molecule is O=C(NN=Cc1ccccc1C(F)(F)F)c1ccccc1OCc1ccccc1Cl. The fourth-order valence-corrected chi connectivity index (χ4v) is 2.83. The fourth-order valence-electron chi connectivity index (χ4n) is 2.64. The molecule has 154 valence electrons. The number of hydrogen-bond acceptors (Lipinski definition) is 3. The fraction of sp³-hybridized carbons (Fsp3) is 0.0909. The van der Waals surface area contributed by atoms with Crippen molar-refractivity contribution in [2.24, 2.45) is 5.10 Å². The van der Waals surface area contributed by atoms with Gasteiger partial charge in [-0.25, -0.2) is 5.43 Å². The van der Waals surface area contributed by atoms with Crippen LogP contribution in [0.4, 0.5) is 13.2 Å². The largest absolute Gasteiger partial charge is 0.488 e. The first kappa shape index (κ1) is 21.4. The van der Waals surface area contributed by atoms with Gasteiger partial charge in [-0.2, -0.15) is 18.3 Å². The smallest absolute Gasteiger partial charge is 0.417 e. The maximum absolute atomic E-state index is 13.0. The van der Waals surface area contributed by atoms with Crippen molar-refractivity contribution in [2.75, 3.05) is 0 Å². The number of nitrogens with one attached hydrogen (secondary N) is 1. The summed E-state index contributed by atoms with van der Waals surface area (Å²) in [4.78, 5) is 12.5. The summed E-state index contributed by atoms with van der Waals surface area (Å²) in [5.74, 6) is -0.327. The Bertz CT molecular complexity index is 1070. The number of hydrazone groups is 1. The van der Waals surface area contributed by atoms with Crippen LogP contribution in [0, 0.1) is 0 Å². The third-order valence-electron chi connectivity index (χ3n) is 4.11.